The minimum atomic E-state index is 0.0755. The van der Waals surface area contributed by atoms with Gasteiger partial charge in [-0.1, -0.05) is 26.3 Å². The van der Waals surface area contributed by atoms with Crippen LogP contribution in [0.4, 0.5) is 0 Å². The number of aliphatic hydroxyl groups is 1. The molecule has 0 saturated carbocycles. The van der Waals surface area contributed by atoms with Crippen molar-refractivity contribution in [1.29, 1.82) is 0 Å². The quantitative estimate of drug-likeness (QED) is 0.808. The van der Waals surface area contributed by atoms with E-state index in [9.17, 15) is 5.11 Å². The Morgan fingerprint density at radius 3 is 2.67 bits per heavy atom. The molecule has 1 N–H and O–H groups in total. The number of nitrogens with zero attached hydrogens (tertiary/aromatic N) is 1. The number of methoxy groups -OCH3 is 1. The second kappa shape index (κ2) is 7.39. The van der Waals surface area contributed by atoms with Gasteiger partial charge < -0.3 is 14.7 Å². The molecule has 18 heavy (non-hydrogen) atoms. The zero-order chi connectivity index (χ0) is 13.5. The van der Waals surface area contributed by atoms with Gasteiger partial charge in [-0.25, -0.2) is 0 Å². The molecule has 1 atom stereocenters. The van der Waals surface area contributed by atoms with E-state index in [0.717, 1.165) is 30.0 Å². The van der Waals surface area contributed by atoms with Crippen LogP contribution in [-0.4, -0.2) is 30.7 Å². The van der Waals surface area contributed by atoms with Crippen LogP contribution in [-0.2, 0) is 13.2 Å². The summed E-state index contributed by atoms with van der Waals surface area (Å²) in [7, 11) is 3.81. The smallest absolute Gasteiger partial charge is 0.123 e. The van der Waals surface area contributed by atoms with E-state index in [0.29, 0.717) is 5.92 Å². The van der Waals surface area contributed by atoms with Crippen molar-refractivity contribution in [3.63, 3.8) is 0 Å². The van der Waals surface area contributed by atoms with Gasteiger partial charge in [0.25, 0.3) is 0 Å². The molecule has 102 valence electrons. The molecule has 0 saturated heterocycles. The summed E-state index contributed by atoms with van der Waals surface area (Å²) in [5, 5.41) is 9.19. The molecule has 1 aromatic carbocycles. The standard InChI is InChI=1S/C15H25NO2/c1-5-12(2)9-16(3)10-14-8-13(11-17)6-7-15(14)18-4/h6-8,12,17H,5,9-11H2,1-4H3. The third-order valence-electron chi connectivity index (χ3n) is 3.29. The van der Waals surface area contributed by atoms with Crippen LogP contribution in [0.1, 0.15) is 31.4 Å². The lowest BCUT2D eigenvalue weighted by atomic mass is 10.1. The van der Waals surface area contributed by atoms with Crippen LogP contribution >= 0.6 is 0 Å². The number of hydrogen-bond acceptors (Lipinski definition) is 3. The number of aliphatic hydroxyl groups excluding tert-OH is 1. The molecule has 0 fully saturated rings. The highest BCUT2D eigenvalue weighted by molar-refractivity contribution is 5.37. The van der Waals surface area contributed by atoms with Crippen molar-refractivity contribution >= 4 is 0 Å². The van der Waals surface area contributed by atoms with Crippen LogP contribution in [0, 0.1) is 5.92 Å². The van der Waals surface area contributed by atoms with Crippen molar-refractivity contribution in [2.24, 2.45) is 5.92 Å². The predicted molar refractivity (Wildman–Crippen MR) is 74.7 cm³/mol. The number of ether oxygens (including phenoxy) is 1. The average Bonchev–Trinajstić information content (AvgIpc) is 2.38. The Morgan fingerprint density at radius 2 is 2.11 bits per heavy atom. The lowest BCUT2D eigenvalue weighted by molar-refractivity contribution is 0.268. The van der Waals surface area contributed by atoms with Crippen molar-refractivity contribution in [3.8, 4) is 5.75 Å². The second-order valence-corrected chi connectivity index (χ2v) is 5.01. The number of benzene rings is 1. The second-order valence-electron chi connectivity index (χ2n) is 5.01. The van der Waals surface area contributed by atoms with Crippen molar-refractivity contribution in [3.05, 3.63) is 29.3 Å². The lowest BCUT2D eigenvalue weighted by Gasteiger charge is -2.21. The highest BCUT2D eigenvalue weighted by atomic mass is 16.5. The fraction of sp³-hybridized carbons (Fsp3) is 0.600. The maximum Gasteiger partial charge on any atom is 0.123 e. The third-order valence-corrected chi connectivity index (χ3v) is 3.29. The van der Waals surface area contributed by atoms with Gasteiger partial charge in [0, 0.05) is 18.7 Å². The maximum atomic E-state index is 9.19. The fourth-order valence-electron chi connectivity index (χ4n) is 2.07. The molecular weight excluding hydrogens is 226 g/mol. The molecule has 0 bridgehead atoms. The number of rotatable bonds is 7. The van der Waals surface area contributed by atoms with Gasteiger partial charge in [-0.15, -0.1) is 0 Å². The van der Waals surface area contributed by atoms with E-state index in [1.54, 1.807) is 7.11 Å². The summed E-state index contributed by atoms with van der Waals surface area (Å²) in [6.07, 6.45) is 1.19. The van der Waals surface area contributed by atoms with E-state index < -0.39 is 0 Å². The maximum absolute atomic E-state index is 9.19. The van der Waals surface area contributed by atoms with Gasteiger partial charge in [0.15, 0.2) is 0 Å². The van der Waals surface area contributed by atoms with E-state index in [1.807, 2.05) is 18.2 Å². The Morgan fingerprint density at radius 1 is 1.39 bits per heavy atom. The van der Waals surface area contributed by atoms with E-state index in [2.05, 4.69) is 25.8 Å². The van der Waals surface area contributed by atoms with Gasteiger partial charge in [-0.2, -0.15) is 0 Å². The van der Waals surface area contributed by atoms with Gasteiger partial charge in [0.1, 0.15) is 5.75 Å². The minimum Gasteiger partial charge on any atom is -0.496 e. The first kappa shape index (κ1) is 15.0. The summed E-state index contributed by atoms with van der Waals surface area (Å²) in [4.78, 5) is 2.30. The van der Waals surface area contributed by atoms with Crippen molar-refractivity contribution < 1.29 is 9.84 Å². The van der Waals surface area contributed by atoms with Crippen LogP contribution in [0.3, 0.4) is 0 Å². The molecule has 1 unspecified atom stereocenters. The van der Waals surface area contributed by atoms with Gasteiger partial charge in [0.2, 0.25) is 0 Å². The molecular formula is C15H25NO2. The first-order chi connectivity index (χ1) is 8.60. The van der Waals surface area contributed by atoms with Gasteiger partial charge >= 0.3 is 0 Å². The molecule has 0 radical (unpaired) electrons. The third kappa shape index (κ3) is 4.31. The largest absolute Gasteiger partial charge is 0.496 e. The van der Waals surface area contributed by atoms with E-state index >= 15 is 0 Å². The van der Waals surface area contributed by atoms with Gasteiger partial charge in [-0.3, -0.25) is 0 Å². The molecule has 0 amide bonds. The molecule has 3 nitrogen and oxygen atoms in total. The van der Waals surface area contributed by atoms with Crippen LogP contribution in [0.15, 0.2) is 18.2 Å². The van der Waals surface area contributed by atoms with E-state index in [4.69, 9.17) is 4.74 Å². The SMILES string of the molecule is CCC(C)CN(C)Cc1cc(CO)ccc1OC. The molecule has 0 aliphatic heterocycles. The Labute approximate surface area is 110 Å². The number of hydrogen-bond donors (Lipinski definition) is 1. The van der Waals surface area contributed by atoms with Crippen molar-refractivity contribution in [2.75, 3.05) is 20.7 Å². The van der Waals surface area contributed by atoms with E-state index in [1.165, 1.54) is 6.42 Å². The Kier molecular flexibility index (Phi) is 6.16. The normalized spacial score (nSPS) is 12.8. The summed E-state index contributed by atoms with van der Waals surface area (Å²) in [6.45, 7) is 6.47. The molecule has 0 aromatic heterocycles. The summed E-state index contributed by atoms with van der Waals surface area (Å²) in [5.74, 6) is 1.59. The van der Waals surface area contributed by atoms with Crippen LogP contribution in [0.5, 0.6) is 5.75 Å². The van der Waals surface area contributed by atoms with E-state index in [-0.39, 0.29) is 6.61 Å². The summed E-state index contributed by atoms with van der Waals surface area (Å²) < 4.78 is 5.37. The summed E-state index contributed by atoms with van der Waals surface area (Å²) in [6, 6.07) is 5.85. The zero-order valence-corrected chi connectivity index (χ0v) is 11.9. The minimum absolute atomic E-state index is 0.0755. The Balaban J connectivity index is 2.75. The topological polar surface area (TPSA) is 32.7 Å². The van der Waals surface area contributed by atoms with Crippen LogP contribution < -0.4 is 4.74 Å². The fourth-order valence-corrected chi connectivity index (χ4v) is 2.07. The Hall–Kier alpha value is -1.06. The van der Waals surface area contributed by atoms with Gasteiger partial charge in [0.05, 0.1) is 13.7 Å². The molecule has 0 spiro atoms. The molecule has 0 aliphatic carbocycles. The monoisotopic (exact) mass is 251 g/mol. The first-order valence-electron chi connectivity index (χ1n) is 6.55. The highest BCUT2D eigenvalue weighted by Crippen LogP contribution is 2.21. The molecule has 1 rings (SSSR count). The zero-order valence-electron chi connectivity index (χ0n) is 11.9. The molecule has 1 aromatic rings. The van der Waals surface area contributed by atoms with Gasteiger partial charge in [-0.05, 0) is 30.7 Å². The summed E-state index contributed by atoms with van der Waals surface area (Å²) >= 11 is 0. The molecule has 0 aliphatic rings. The lowest BCUT2D eigenvalue weighted by Crippen LogP contribution is -2.24. The van der Waals surface area contributed by atoms with Crippen molar-refractivity contribution in [2.45, 2.75) is 33.4 Å². The average molecular weight is 251 g/mol. The molecule has 0 heterocycles. The predicted octanol–water partition coefficient (Wildman–Crippen LogP) is 2.67. The first-order valence-corrected chi connectivity index (χ1v) is 6.55. The summed E-state index contributed by atoms with van der Waals surface area (Å²) in [5.41, 5.74) is 2.07. The Bertz CT molecular complexity index is 366. The highest BCUT2D eigenvalue weighted by Gasteiger charge is 2.09. The van der Waals surface area contributed by atoms with Crippen LogP contribution in [0.25, 0.3) is 0 Å². The van der Waals surface area contributed by atoms with Crippen LogP contribution in [0.2, 0.25) is 0 Å². The molecule has 3 heteroatoms. The van der Waals surface area contributed by atoms with Crippen molar-refractivity contribution in [1.82, 2.24) is 4.90 Å².